The van der Waals surface area contributed by atoms with Gasteiger partial charge in [0.15, 0.2) is 0 Å². The molecule has 2 nitrogen and oxygen atoms in total. The van der Waals surface area contributed by atoms with Crippen molar-refractivity contribution < 1.29 is 4.39 Å². The summed E-state index contributed by atoms with van der Waals surface area (Å²) in [5.74, 6) is -0.139. The van der Waals surface area contributed by atoms with Crippen LogP contribution in [0.2, 0.25) is 0 Å². The summed E-state index contributed by atoms with van der Waals surface area (Å²) in [6.07, 6.45) is 2.18. The van der Waals surface area contributed by atoms with Gasteiger partial charge in [-0.1, -0.05) is 6.92 Å². The number of nitrogens with zero attached hydrogens (tertiary/aromatic N) is 1. The molecular formula is C15H23FN2. The third kappa shape index (κ3) is 3.02. The average Bonchev–Trinajstić information content (AvgIpc) is 2.51. The molecule has 0 radical (unpaired) electrons. The SMILES string of the molecule is CCC1(C)CN(c2cc(C)cc(F)c2)CCCN1. The van der Waals surface area contributed by atoms with Gasteiger partial charge in [0, 0.05) is 24.3 Å². The largest absolute Gasteiger partial charge is 0.370 e. The van der Waals surface area contributed by atoms with Crippen molar-refractivity contribution in [1.29, 1.82) is 0 Å². The Bertz CT molecular complexity index is 399. The molecule has 1 aliphatic rings. The van der Waals surface area contributed by atoms with E-state index in [-0.39, 0.29) is 11.4 Å². The standard InChI is InChI=1S/C15H23FN2/c1-4-15(3)11-18(7-5-6-17-15)14-9-12(2)8-13(16)10-14/h8-10,17H,4-7,11H2,1-3H3. The number of benzene rings is 1. The lowest BCUT2D eigenvalue weighted by atomic mass is 9.98. The van der Waals surface area contributed by atoms with E-state index in [0.29, 0.717) is 0 Å². The highest BCUT2D eigenvalue weighted by atomic mass is 19.1. The van der Waals surface area contributed by atoms with Crippen molar-refractivity contribution in [2.75, 3.05) is 24.5 Å². The molecule has 1 aromatic carbocycles. The number of nitrogens with one attached hydrogen (secondary N) is 1. The van der Waals surface area contributed by atoms with Crippen molar-refractivity contribution >= 4 is 5.69 Å². The van der Waals surface area contributed by atoms with Crippen LogP contribution in [0.15, 0.2) is 18.2 Å². The smallest absolute Gasteiger partial charge is 0.125 e. The number of anilines is 1. The second-order valence-corrected chi connectivity index (χ2v) is 5.60. The van der Waals surface area contributed by atoms with Crippen molar-refractivity contribution in [2.24, 2.45) is 0 Å². The summed E-state index contributed by atoms with van der Waals surface area (Å²) in [6.45, 7) is 9.36. The first kappa shape index (κ1) is 13.3. The third-order valence-corrected chi connectivity index (χ3v) is 3.87. The van der Waals surface area contributed by atoms with E-state index in [1.807, 2.05) is 6.92 Å². The van der Waals surface area contributed by atoms with Crippen molar-refractivity contribution in [3.63, 3.8) is 0 Å². The quantitative estimate of drug-likeness (QED) is 0.867. The van der Waals surface area contributed by atoms with Gasteiger partial charge < -0.3 is 10.2 Å². The third-order valence-electron chi connectivity index (χ3n) is 3.87. The molecule has 1 aromatic rings. The zero-order valence-corrected chi connectivity index (χ0v) is 11.6. The van der Waals surface area contributed by atoms with E-state index in [0.717, 1.165) is 43.7 Å². The summed E-state index contributed by atoms with van der Waals surface area (Å²) >= 11 is 0. The minimum Gasteiger partial charge on any atom is -0.370 e. The molecule has 1 fully saturated rings. The zero-order valence-electron chi connectivity index (χ0n) is 11.6. The lowest BCUT2D eigenvalue weighted by Gasteiger charge is -2.34. The number of hydrogen-bond acceptors (Lipinski definition) is 2. The summed E-state index contributed by atoms with van der Waals surface area (Å²) in [5.41, 5.74) is 2.12. The topological polar surface area (TPSA) is 15.3 Å². The van der Waals surface area contributed by atoms with E-state index in [1.165, 1.54) is 0 Å². The van der Waals surface area contributed by atoms with Crippen LogP contribution in [0.25, 0.3) is 0 Å². The highest BCUT2D eigenvalue weighted by molar-refractivity contribution is 5.49. The molecular weight excluding hydrogens is 227 g/mol. The fourth-order valence-electron chi connectivity index (χ4n) is 2.57. The maximum atomic E-state index is 13.5. The first-order valence-corrected chi connectivity index (χ1v) is 6.79. The summed E-state index contributed by atoms with van der Waals surface area (Å²) < 4.78 is 13.5. The molecule has 0 spiro atoms. The van der Waals surface area contributed by atoms with Crippen molar-refractivity contribution in [3.8, 4) is 0 Å². The van der Waals surface area contributed by atoms with Crippen LogP contribution in [-0.4, -0.2) is 25.2 Å². The van der Waals surface area contributed by atoms with Crippen LogP contribution < -0.4 is 10.2 Å². The van der Waals surface area contributed by atoms with Gasteiger partial charge in [0.1, 0.15) is 5.82 Å². The fraction of sp³-hybridized carbons (Fsp3) is 0.600. The molecule has 1 aliphatic heterocycles. The molecule has 3 heteroatoms. The van der Waals surface area contributed by atoms with Gasteiger partial charge in [-0.25, -0.2) is 4.39 Å². The summed E-state index contributed by atoms with van der Waals surface area (Å²) in [4.78, 5) is 2.31. The Hall–Kier alpha value is -1.09. The van der Waals surface area contributed by atoms with Gasteiger partial charge in [-0.2, -0.15) is 0 Å². The van der Waals surface area contributed by atoms with E-state index in [4.69, 9.17) is 0 Å². The normalized spacial score (nSPS) is 25.0. The van der Waals surface area contributed by atoms with Gasteiger partial charge in [-0.15, -0.1) is 0 Å². The predicted octanol–water partition coefficient (Wildman–Crippen LogP) is 3.10. The van der Waals surface area contributed by atoms with Crippen LogP contribution in [-0.2, 0) is 0 Å². The van der Waals surface area contributed by atoms with Crippen LogP contribution in [0.5, 0.6) is 0 Å². The summed E-state index contributed by atoms with van der Waals surface area (Å²) in [5, 5.41) is 3.60. The molecule has 1 saturated heterocycles. The molecule has 0 aromatic heterocycles. The number of hydrogen-bond donors (Lipinski definition) is 1. The van der Waals surface area contributed by atoms with Gasteiger partial charge in [0.25, 0.3) is 0 Å². The summed E-state index contributed by atoms with van der Waals surface area (Å²) in [7, 11) is 0. The van der Waals surface area contributed by atoms with E-state index in [1.54, 1.807) is 12.1 Å². The van der Waals surface area contributed by atoms with E-state index in [2.05, 4.69) is 30.1 Å². The van der Waals surface area contributed by atoms with E-state index in [9.17, 15) is 4.39 Å². The van der Waals surface area contributed by atoms with Crippen molar-refractivity contribution in [3.05, 3.63) is 29.6 Å². The first-order chi connectivity index (χ1) is 8.52. The Morgan fingerprint density at radius 3 is 2.83 bits per heavy atom. The van der Waals surface area contributed by atoms with Crippen molar-refractivity contribution in [1.82, 2.24) is 5.32 Å². The predicted molar refractivity (Wildman–Crippen MR) is 74.7 cm³/mol. The molecule has 2 rings (SSSR count). The minimum absolute atomic E-state index is 0.122. The van der Waals surface area contributed by atoms with Crippen LogP contribution in [0.4, 0.5) is 10.1 Å². The first-order valence-electron chi connectivity index (χ1n) is 6.79. The highest BCUT2D eigenvalue weighted by Crippen LogP contribution is 2.23. The van der Waals surface area contributed by atoms with Gasteiger partial charge in [-0.05, 0) is 57.0 Å². The molecule has 1 N–H and O–H groups in total. The molecule has 1 heterocycles. The van der Waals surface area contributed by atoms with Gasteiger partial charge >= 0.3 is 0 Å². The average molecular weight is 250 g/mol. The highest BCUT2D eigenvalue weighted by Gasteiger charge is 2.27. The van der Waals surface area contributed by atoms with Gasteiger partial charge in [0.2, 0.25) is 0 Å². The van der Waals surface area contributed by atoms with Crippen LogP contribution >= 0.6 is 0 Å². The molecule has 0 aliphatic carbocycles. The second-order valence-electron chi connectivity index (χ2n) is 5.60. The van der Waals surface area contributed by atoms with Gasteiger partial charge in [-0.3, -0.25) is 0 Å². The Labute approximate surface area is 109 Å². The van der Waals surface area contributed by atoms with Gasteiger partial charge in [0.05, 0.1) is 0 Å². The Morgan fingerprint density at radius 2 is 2.17 bits per heavy atom. The lowest BCUT2D eigenvalue weighted by molar-refractivity contribution is 0.366. The minimum atomic E-state index is -0.139. The Kier molecular flexibility index (Phi) is 3.91. The number of halogens is 1. The maximum Gasteiger partial charge on any atom is 0.125 e. The van der Waals surface area contributed by atoms with Crippen molar-refractivity contribution in [2.45, 2.75) is 39.2 Å². The monoisotopic (exact) mass is 250 g/mol. The second kappa shape index (κ2) is 5.27. The summed E-state index contributed by atoms with van der Waals surface area (Å²) in [6, 6.07) is 5.30. The maximum absolute atomic E-state index is 13.5. The molecule has 0 bridgehead atoms. The Balaban J connectivity index is 2.25. The van der Waals surface area contributed by atoms with Crippen LogP contribution in [0, 0.1) is 12.7 Å². The van der Waals surface area contributed by atoms with E-state index < -0.39 is 0 Å². The molecule has 0 amide bonds. The molecule has 0 saturated carbocycles. The lowest BCUT2D eigenvalue weighted by Crippen LogP contribution is -2.48. The number of aryl methyl sites for hydroxylation is 1. The van der Waals surface area contributed by atoms with Crippen LogP contribution in [0.3, 0.4) is 0 Å². The van der Waals surface area contributed by atoms with E-state index >= 15 is 0 Å². The Morgan fingerprint density at radius 1 is 1.39 bits per heavy atom. The molecule has 1 atom stereocenters. The zero-order chi connectivity index (χ0) is 13.2. The van der Waals surface area contributed by atoms with Crippen LogP contribution in [0.1, 0.15) is 32.3 Å². The molecule has 100 valence electrons. The fourth-order valence-corrected chi connectivity index (χ4v) is 2.57. The molecule has 18 heavy (non-hydrogen) atoms. The molecule has 1 unspecified atom stereocenters. The number of rotatable bonds is 2.